The molecule has 1 aliphatic heterocycles. The monoisotopic (exact) mass is 413 g/mol. The van der Waals surface area contributed by atoms with Crippen LogP contribution in [0.2, 0.25) is 0 Å². The van der Waals surface area contributed by atoms with E-state index in [9.17, 15) is 4.79 Å². The Hall–Kier alpha value is -4.19. The average Bonchev–Trinajstić information content (AvgIpc) is 3.46. The fourth-order valence-electron chi connectivity index (χ4n) is 4.01. The Morgan fingerprint density at radius 1 is 1.06 bits per heavy atom. The first-order valence-corrected chi connectivity index (χ1v) is 10.0. The van der Waals surface area contributed by atoms with Gasteiger partial charge in [-0.15, -0.1) is 0 Å². The van der Waals surface area contributed by atoms with Crippen LogP contribution in [0.15, 0.2) is 42.5 Å². The van der Waals surface area contributed by atoms with Crippen molar-refractivity contribution in [3.8, 4) is 28.7 Å². The predicted molar refractivity (Wildman–Crippen MR) is 113 cm³/mol. The van der Waals surface area contributed by atoms with Gasteiger partial charge in [-0.05, 0) is 43.2 Å². The third-order valence-electron chi connectivity index (χ3n) is 5.76. The topological polar surface area (TPSA) is 135 Å². The van der Waals surface area contributed by atoms with E-state index in [4.69, 9.17) is 15.4 Å². The van der Waals surface area contributed by atoms with Gasteiger partial charge in [0.2, 0.25) is 0 Å². The highest BCUT2D eigenvalue weighted by Gasteiger charge is 2.26. The number of H-pyrrole nitrogens is 2. The number of hydrogen-bond donors (Lipinski definition) is 3. The minimum absolute atomic E-state index is 0.170. The quantitative estimate of drug-likeness (QED) is 0.468. The van der Waals surface area contributed by atoms with Crippen molar-refractivity contribution >= 4 is 17.0 Å². The third-order valence-corrected chi connectivity index (χ3v) is 5.76. The van der Waals surface area contributed by atoms with Gasteiger partial charge in [0.25, 0.3) is 0 Å². The summed E-state index contributed by atoms with van der Waals surface area (Å²) in [5.74, 6) is 1.56. The number of hydrogen-bond acceptors (Lipinski definition) is 5. The van der Waals surface area contributed by atoms with Crippen LogP contribution in [0.3, 0.4) is 0 Å². The molecule has 1 fully saturated rings. The molecular weight excluding hydrogens is 394 g/mol. The fourth-order valence-corrected chi connectivity index (χ4v) is 4.01. The van der Waals surface area contributed by atoms with Crippen molar-refractivity contribution in [1.29, 1.82) is 5.26 Å². The molecule has 1 saturated heterocycles. The van der Waals surface area contributed by atoms with E-state index in [-0.39, 0.29) is 5.92 Å². The molecule has 0 unspecified atom stereocenters. The van der Waals surface area contributed by atoms with Crippen molar-refractivity contribution < 1.29 is 9.90 Å². The standard InChI is InChI=1S/C22H19N7O2/c23-12-13-1-3-14(4-2-13)19-17-11-16(5-6-18(17)25-26-19)21-24-20(27-28-21)15-7-9-29(10-8-15)22(30)31/h1-6,11,15H,7-10H2,(H,25,26)(H,30,31)(H,24,27,28). The zero-order valence-electron chi connectivity index (χ0n) is 16.5. The number of benzene rings is 2. The van der Waals surface area contributed by atoms with Crippen LogP contribution in [0, 0.1) is 11.3 Å². The number of fused-ring (bicyclic) bond motifs is 1. The first-order valence-electron chi connectivity index (χ1n) is 10.0. The zero-order valence-corrected chi connectivity index (χ0v) is 16.5. The van der Waals surface area contributed by atoms with Crippen LogP contribution in [0.5, 0.6) is 0 Å². The number of nitrogens with one attached hydrogen (secondary N) is 2. The first-order chi connectivity index (χ1) is 15.1. The summed E-state index contributed by atoms with van der Waals surface area (Å²) in [6.45, 7) is 1.01. The molecule has 0 aliphatic carbocycles. The number of carbonyl (C=O) groups is 1. The van der Waals surface area contributed by atoms with E-state index in [1.54, 1.807) is 12.1 Å². The van der Waals surface area contributed by atoms with E-state index in [1.165, 1.54) is 4.90 Å². The number of nitrogens with zero attached hydrogens (tertiary/aromatic N) is 5. The molecule has 5 rings (SSSR count). The van der Waals surface area contributed by atoms with Crippen molar-refractivity contribution in [2.75, 3.05) is 13.1 Å². The molecule has 1 aliphatic rings. The molecule has 3 N–H and O–H groups in total. The molecule has 0 spiro atoms. The summed E-state index contributed by atoms with van der Waals surface area (Å²) in [7, 11) is 0. The summed E-state index contributed by atoms with van der Waals surface area (Å²) < 4.78 is 0. The number of likely N-dealkylation sites (tertiary alicyclic amines) is 1. The maximum absolute atomic E-state index is 11.1. The van der Waals surface area contributed by atoms with E-state index < -0.39 is 6.09 Å². The van der Waals surface area contributed by atoms with Crippen LogP contribution in [-0.4, -0.2) is 54.6 Å². The number of aromatic nitrogens is 5. The maximum atomic E-state index is 11.1. The van der Waals surface area contributed by atoms with Crippen molar-refractivity contribution in [1.82, 2.24) is 30.3 Å². The Kier molecular flexibility index (Phi) is 4.59. The molecule has 2 aromatic carbocycles. The minimum Gasteiger partial charge on any atom is -0.465 e. The highest BCUT2D eigenvalue weighted by atomic mass is 16.4. The van der Waals surface area contributed by atoms with Gasteiger partial charge < -0.3 is 10.0 Å². The summed E-state index contributed by atoms with van der Waals surface area (Å²) >= 11 is 0. The first kappa shape index (κ1) is 18.8. The molecule has 0 saturated carbocycles. The summed E-state index contributed by atoms with van der Waals surface area (Å²) in [6, 6.07) is 15.3. The second kappa shape index (κ2) is 7.57. The second-order valence-electron chi connectivity index (χ2n) is 7.61. The second-order valence-corrected chi connectivity index (χ2v) is 7.61. The Morgan fingerprint density at radius 2 is 1.81 bits per heavy atom. The van der Waals surface area contributed by atoms with Gasteiger partial charge in [-0.25, -0.2) is 9.78 Å². The summed E-state index contributed by atoms with van der Waals surface area (Å²) in [5.41, 5.74) is 4.10. The molecule has 0 atom stereocenters. The molecule has 2 aromatic heterocycles. The minimum atomic E-state index is -0.872. The largest absolute Gasteiger partial charge is 0.465 e. The third kappa shape index (κ3) is 3.48. The highest BCUT2D eigenvalue weighted by molar-refractivity contribution is 5.95. The number of piperidine rings is 1. The van der Waals surface area contributed by atoms with E-state index in [2.05, 4.69) is 26.5 Å². The summed E-state index contributed by atoms with van der Waals surface area (Å²) in [6.07, 6.45) is 0.581. The Bertz CT molecular complexity index is 1290. The lowest BCUT2D eigenvalue weighted by Crippen LogP contribution is -2.37. The van der Waals surface area contributed by atoms with Crippen LogP contribution in [-0.2, 0) is 0 Å². The number of amides is 1. The molecule has 9 heteroatoms. The molecule has 1 amide bonds. The highest BCUT2D eigenvalue weighted by Crippen LogP contribution is 2.31. The number of rotatable bonds is 3. The Balaban J connectivity index is 1.42. The van der Waals surface area contributed by atoms with Crippen LogP contribution in [0.1, 0.15) is 30.1 Å². The van der Waals surface area contributed by atoms with Gasteiger partial charge in [0.05, 0.1) is 22.8 Å². The van der Waals surface area contributed by atoms with Gasteiger partial charge in [0.1, 0.15) is 5.82 Å². The normalized spacial score (nSPS) is 14.6. The van der Waals surface area contributed by atoms with Crippen molar-refractivity contribution in [2.24, 2.45) is 0 Å². The number of carboxylic acid groups (broad SMARTS) is 1. The smallest absolute Gasteiger partial charge is 0.407 e. The van der Waals surface area contributed by atoms with Gasteiger partial charge in [0, 0.05) is 35.5 Å². The molecule has 3 heterocycles. The Labute approximate surface area is 177 Å². The van der Waals surface area contributed by atoms with Crippen LogP contribution >= 0.6 is 0 Å². The van der Waals surface area contributed by atoms with E-state index in [0.717, 1.165) is 46.4 Å². The van der Waals surface area contributed by atoms with Crippen molar-refractivity contribution in [2.45, 2.75) is 18.8 Å². The van der Waals surface area contributed by atoms with Gasteiger partial charge in [-0.1, -0.05) is 12.1 Å². The summed E-state index contributed by atoms with van der Waals surface area (Å²) in [5, 5.41) is 34.0. The van der Waals surface area contributed by atoms with E-state index >= 15 is 0 Å². The van der Waals surface area contributed by atoms with Gasteiger partial charge in [-0.3, -0.25) is 10.2 Å². The lowest BCUT2D eigenvalue weighted by atomic mass is 9.96. The lowest BCUT2D eigenvalue weighted by molar-refractivity contribution is 0.131. The van der Waals surface area contributed by atoms with Gasteiger partial charge >= 0.3 is 6.09 Å². The number of nitriles is 1. The SMILES string of the molecule is N#Cc1ccc(-c2n[nH]c3ccc(-c4n[nH]c(C5CCN(C(=O)O)CC5)n4)cc23)cc1. The molecule has 0 radical (unpaired) electrons. The van der Waals surface area contributed by atoms with E-state index in [1.807, 2.05) is 30.3 Å². The molecule has 0 bridgehead atoms. The predicted octanol–water partition coefficient (Wildman–Crippen LogP) is 3.74. The van der Waals surface area contributed by atoms with Gasteiger partial charge in [0.15, 0.2) is 5.82 Å². The van der Waals surface area contributed by atoms with Crippen LogP contribution in [0.25, 0.3) is 33.5 Å². The van der Waals surface area contributed by atoms with Gasteiger partial charge in [-0.2, -0.15) is 15.5 Å². The van der Waals surface area contributed by atoms with Crippen LogP contribution in [0.4, 0.5) is 4.79 Å². The molecule has 31 heavy (non-hydrogen) atoms. The van der Waals surface area contributed by atoms with E-state index in [0.29, 0.717) is 24.5 Å². The van der Waals surface area contributed by atoms with Crippen LogP contribution < -0.4 is 0 Å². The molecule has 4 aromatic rings. The van der Waals surface area contributed by atoms with Crippen molar-refractivity contribution in [3.05, 3.63) is 53.9 Å². The maximum Gasteiger partial charge on any atom is 0.407 e. The molecular formula is C22H19N7O2. The lowest BCUT2D eigenvalue weighted by Gasteiger charge is -2.28. The average molecular weight is 413 g/mol. The Morgan fingerprint density at radius 3 is 2.52 bits per heavy atom. The van der Waals surface area contributed by atoms with Crippen molar-refractivity contribution in [3.63, 3.8) is 0 Å². The summed E-state index contributed by atoms with van der Waals surface area (Å²) in [4.78, 5) is 17.2. The number of aromatic amines is 2. The molecule has 9 nitrogen and oxygen atoms in total. The fraction of sp³-hybridized carbons (Fsp3) is 0.227. The molecule has 154 valence electrons. The zero-order chi connectivity index (χ0) is 21.4.